The average Bonchev–Trinajstić information content (AvgIpc) is 2.42. The molecule has 0 unspecified atom stereocenters. The minimum absolute atomic E-state index is 0.688. The summed E-state index contributed by atoms with van der Waals surface area (Å²) < 4.78 is 0. The summed E-state index contributed by atoms with van der Waals surface area (Å²) in [5.41, 5.74) is 2.71. The molecule has 19 heavy (non-hydrogen) atoms. The van der Waals surface area contributed by atoms with Gasteiger partial charge in [-0.3, -0.25) is 0 Å². The zero-order valence-corrected chi connectivity index (χ0v) is 12.4. The van der Waals surface area contributed by atoms with E-state index in [9.17, 15) is 0 Å². The van der Waals surface area contributed by atoms with Crippen molar-refractivity contribution in [1.82, 2.24) is 0 Å². The van der Waals surface area contributed by atoms with Crippen molar-refractivity contribution in [2.45, 2.75) is 11.5 Å². The van der Waals surface area contributed by atoms with Gasteiger partial charge in [0.05, 0.1) is 11.6 Å². The highest BCUT2D eigenvalue weighted by Crippen LogP contribution is 2.29. The molecule has 0 aliphatic rings. The van der Waals surface area contributed by atoms with Crippen molar-refractivity contribution in [3.05, 3.63) is 69.2 Å². The minimum Gasteiger partial charge on any atom is -0.192 e. The van der Waals surface area contributed by atoms with E-state index in [1.54, 1.807) is 11.8 Å². The van der Waals surface area contributed by atoms with E-state index in [1.807, 2.05) is 42.5 Å². The largest absolute Gasteiger partial charge is 0.192 e. The van der Waals surface area contributed by atoms with Crippen molar-refractivity contribution >= 4 is 35.0 Å². The molecule has 0 bridgehead atoms. The predicted octanol–water partition coefficient (Wildman–Crippen LogP) is 5.30. The number of hydrogen-bond acceptors (Lipinski definition) is 2. The molecule has 0 spiro atoms. The lowest BCUT2D eigenvalue weighted by Crippen LogP contribution is -1.89. The minimum atomic E-state index is 0.688. The summed E-state index contributed by atoms with van der Waals surface area (Å²) in [6.45, 7) is 0. The van der Waals surface area contributed by atoms with E-state index in [0.29, 0.717) is 10.0 Å². The maximum absolute atomic E-state index is 9.02. The smallest absolute Gasteiger partial charge is 0.0994 e. The Kier molecular flexibility index (Phi) is 5.15. The van der Waals surface area contributed by atoms with E-state index in [4.69, 9.17) is 28.5 Å². The number of hydrogen-bond donors (Lipinski definition) is 0. The number of rotatable bonds is 4. The molecule has 0 fully saturated rings. The van der Waals surface area contributed by atoms with Gasteiger partial charge in [-0.05, 0) is 29.3 Å². The lowest BCUT2D eigenvalue weighted by Gasteiger charge is -2.07. The summed E-state index contributed by atoms with van der Waals surface area (Å²) in [6, 6.07) is 15.3. The maximum atomic E-state index is 9.02. The fraction of sp³-hybridized carbons (Fsp3) is 0.133. The highest BCUT2D eigenvalue weighted by molar-refractivity contribution is 7.97. The Labute approximate surface area is 127 Å². The zero-order chi connectivity index (χ0) is 13.7. The Morgan fingerprint density at radius 3 is 2.32 bits per heavy atom. The van der Waals surface area contributed by atoms with Crippen LogP contribution in [-0.2, 0) is 11.5 Å². The molecule has 0 atom stereocenters. The molecule has 0 heterocycles. The van der Waals surface area contributed by atoms with Gasteiger partial charge in [-0.2, -0.15) is 17.0 Å². The topological polar surface area (TPSA) is 23.8 Å². The van der Waals surface area contributed by atoms with Gasteiger partial charge in [0.1, 0.15) is 0 Å². The highest BCUT2D eigenvalue weighted by atomic mass is 35.5. The van der Waals surface area contributed by atoms with Crippen LogP contribution >= 0.6 is 35.0 Å². The van der Waals surface area contributed by atoms with Gasteiger partial charge in [0.25, 0.3) is 0 Å². The normalized spacial score (nSPS) is 10.2. The molecule has 96 valence electrons. The Balaban J connectivity index is 2.03. The molecule has 0 saturated carbocycles. The highest BCUT2D eigenvalue weighted by Gasteiger charge is 2.06. The molecule has 0 aliphatic carbocycles. The summed E-state index contributed by atoms with van der Waals surface area (Å²) in [6.07, 6.45) is 0. The second-order valence-electron chi connectivity index (χ2n) is 3.96. The van der Waals surface area contributed by atoms with Crippen molar-refractivity contribution in [3.8, 4) is 6.07 Å². The molecule has 2 aromatic rings. The summed E-state index contributed by atoms with van der Waals surface area (Å²) in [4.78, 5) is 0. The number of benzene rings is 2. The molecular formula is C15H11Cl2NS. The Morgan fingerprint density at radius 1 is 0.947 bits per heavy atom. The zero-order valence-electron chi connectivity index (χ0n) is 10.1. The SMILES string of the molecule is N#Cc1ccccc1CSCc1c(Cl)cccc1Cl. The van der Waals surface area contributed by atoms with E-state index in [1.165, 1.54) is 0 Å². The molecule has 0 radical (unpaired) electrons. The van der Waals surface area contributed by atoms with Crippen LogP contribution in [0.4, 0.5) is 0 Å². The molecule has 0 amide bonds. The third-order valence-electron chi connectivity index (χ3n) is 2.70. The molecule has 4 heteroatoms. The van der Waals surface area contributed by atoms with Gasteiger partial charge in [-0.1, -0.05) is 47.5 Å². The summed E-state index contributed by atoms with van der Waals surface area (Å²) in [7, 11) is 0. The fourth-order valence-electron chi connectivity index (χ4n) is 1.69. The van der Waals surface area contributed by atoms with Crippen LogP contribution in [0, 0.1) is 11.3 Å². The third-order valence-corrected chi connectivity index (χ3v) is 4.42. The van der Waals surface area contributed by atoms with Crippen molar-refractivity contribution in [2.24, 2.45) is 0 Å². The van der Waals surface area contributed by atoms with Crippen molar-refractivity contribution < 1.29 is 0 Å². The number of nitriles is 1. The van der Waals surface area contributed by atoms with Crippen LogP contribution in [-0.4, -0.2) is 0 Å². The standard InChI is InChI=1S/C15H11Cl2NS/c16-14-6-3-7-15(17)13(14)10-19-9-12-5-2-1-4-11(12)8-18/h1-7H,9-10H2. The molecule has 0 N–H and O–H groups in total. The van der Waals surface area contributed by atoms with E-state index in [2.05, 4.69) is 6.07 Å². The fourth-order valence-corrected chi connectivity index (χ4v) is 3.47. The average molecular weight is 308 g/mol. The summed E-state index contributed by atoms with van der Waals surface area (Å²) in [5.74, 6) is 1.50. The van der Waals surface area contributed by atoms with Gasteiger partial charge < -0.3 is 0 Å². The number of halogens is 2. The van der Waals surface area contributed by atoms with Crippen LogP contribution in [0.2, 0.25) is 10.0 Å². The lowest BCUT2D eigenvalue weighted by atomic mass is 10.1. The van der Waals surface area contributed by atoms with Crippen LogP contribution < -0.4 is 0 Å². The summed E-state index contributed by atoms with van der Waals surface area (Å²) >= 11 is 13.9. The molecule has 1 nitrogen and oxygen atoms in total. The molecule has 2 rings (SSSR count). The van der Waals surface area contributed by atoms with Crippen LogP contribution in [0.1, 0.15) is 16.7 Å². The van der Waals surface area contributed by atoms with Crippen molar-refractivity contribution in [2.75, 3.05) is 0 Å². The second kappa shape index (κ2) is 6.86. The van der Waals surface area contributed by atoms with Crippen molar-refractivity contribution in [1.29, 1.82) is 5.26 Å². The first-order valence-corrected chi connectivity index (χ1v) is 7.62. The molecule has 0 aliphatic heterocycles. The van der Waals surface area contributed by atoms with E-state index >= 15 is 0 Å². The summed E-state index contributed by atoms with van der Waals surface area (Å²) in [5, 5.41) is 10.4. The monoisotopic (exact) mass is 307 g/mol. The second-order valence-corrected chi connectivity index (χ2v) is 5.76. The van der Waals surface area contributed by atoms with Gasteiger partial charge in [-0.15, -0.1) is 0 Å². The van der Waals surface area contributed by atoms with Crippen LogP contribution in [0.15, 0.2) is 42.5 Å². The Morgan fingerprint density at radius 2 is 1.63 bits per heavy atom. The van der Waals surface area contributed by atoms with Gasteiger partial charge >= 0.3 is 0 Å². The van der Waals surface area contributed by atoms with Gasteiger partial charge in [-0.25, -0.2) is 0 Å². The first kappa shape index (κ1) is 14.3. The lowest BCUT2D eigenvalue weighted by molar-refractivity contribution is 1.33. The predicted molar refractivity (Wildman–Crippen MR) is 82.6 cm³/mol. The van der Waals surface area contributed by atoms with E-state index in [0.717, 1.165) is 28.2 Å². The molecule has 0 saturated heterocycles. The third kappa shape index (κ3) is 3.67. The van der Waals surface area contributed by atoms with Crippen LogP contribution in [0.25, 0.3) is 0 Å². The Bertz CT molecular complexity index is 600. The Hall–Kier alpha value is -1.14. The molecule has 0 aromatic heterocycles. The first-order chi connectivity index (χ1) is 9.22. The number of thioether (sulfide) groups is 1. The van der Waals surface area contributed by atoms with Crippen molar-refractivity contribution in [3.63, 3.8) is 0 Å². The van der Waals surface area contributed by atoms with Crippen LogP contribution in [0.3, 0.4) is 0 Å². The van der Waals surface area contributed by atoms with Crippen LogP contribution in [0.5, 0.6) is 0 Å². The first-order valence-electron chi connectivity index (χ1n) is 5.71. The number of nitrogens with zero attached hydrogens (tertiary/aromatic N) is 1. The molecule has 2 aromatic carbocycles. The quantitative estimate of drug-likeness (QED) is 0.765. The van der Waals surface area contributed by atoms with Gasteiger partial charge in [0.15, 0.2) is 0 Å². The maximum Gasteiger partial charge on any atom is 0.0994 e. The van der Waals surface area contributed by atoms with E-state index in [-0.39, 0.29) is 0 Å². The van der Waals surface area contributed by atoms with Gasteiger partial charge in [0, 0.05) is 21.6 Å². The molecular weight excluding hydrogens is 297 g/mol. The van der Waals surface area contributed by atoms with E-state index < -0.39 is 0 Å². The van der Waals surface area contributed by atoms with Gasteiger partial charge in [0.2, 0.25) is 0 Å².